The van der Waals surface area contributed by atoms with E-state index < -0.39 is 17.5 Å². The lowest BCUT2D eigenvalue weighted by Crippen LogP contribution is -2.42. The molecule has 2 fully saturated rings. The van der Waals surface area contributed by atoms with E-state index in [0.717, 1.165) is 18.9 Å². The minimum absolute atomic E-state index is 0.0359. The Morgan fingerprint density at radius 2 is 1.72 bits per heavy atom. The summed E-state index contributed by atoms with van der Waals surface area (Å²) in [5.74, 6) is -0.509. The van der Waals surface area contributed by atoms with Gasteiger partial charge in [0.2, 0.25) is 5.91 Å². The fraction of sp³-hybridized carbons (Fsp3) is 0.417. The molecule has 0 bridgehead atoms. The number of carbonyl (C=O) groups excluding carboxylic acids is 2. The van der Waals surface area contributed by atoms with Gasteiger partial charge in [-0.15, -0.1) is 0 Å². The number of piperidine rings is 1. The second-order valence-corrected chi connectivity index (χ2v) is 8.24. The molecule has 2 aliphatic rings. The molecular formula is C24H26F2N2O4. The summed E-state index contributed by atoms with van der Waals surface area (Å²) in [7, 11) is 1.50. The van der Waals surface area contributed by atoms with Crippen LogP contribution in [0, 0.1) is 17.6 Å². The van der Waals surface area contributed by atoms with Crippen LogP contribution >= 0.6 is 0 Å². The van der Waals surface area contributed by atoms with Crippen molar-refractivity contribution in [1.29, 1.82) is 0 Å². The zero-order valence-corrected chi connectivity index (χ0v) is 17.9. The molecule has 0 aromatic heterocycles. The zero-order valence-electron chi connectivity index (χ0n) is 17.9. The van der Waals surface area contributed by atoms with Crippen LogP contribution in [0.5, 0.6) is 11.5 Å². The molecule has 0 spiro atoms. The van der Waals surface area contributed by atoms with E-state index in [1.807, 2.05) is 4.90 Å². The fourth-order valence-corrected chi connectivity index (χ4v) is 3.87. The fourth-order valence-electron chi connectivity index (χ4n) is 3.87. The highest BCUT2D eigenvalue weighted by Crippen LogP contribution is 2.33. The summed E-state index contributed by atoms with van der Waals surface area (Å²) in [6.45, 7) is 1.25. The van der Waals surface area contributed by atoms with Crippen LogP contribution in [0.3, 0.4) is 0 Å². The van der Waals surface area contributed by atoms with Crippen LogP contribution in [-0.2, 0) is 11.3 Å². The monoisotopic (exact) mass is 444 g/mol. The Morgan fingerprint density at radius 1 is 1.03 bits per heavy atom. The Hall–Kier alpha value is -3.16. The molecule has 2 aromatic rings. The molecule has 1 N–H and O–H groups in total. The van der Waals surface area contributed by atoms with Gasteiger partial charge >= 0.3 is 0 Å². The largest absolute Gasteiger partial charge is 0.497 e. The van der Waals surface area contributed by atoms with Gasteiger partial charge in [-0.05, 0) is 48.7 Å². The Morgan fingerprint density at radius 3 is 2.34 bits per heavy atom. The lowest BCUT2D eigenvalue weighted by atomic mass is 10.1. The number of likely N-dealkylation sites (tertiary alicyclic amines) is 1. The van der Waals surface area contributed by atoms with Crippen molar-refractivity contribution >= 4 is 11.8 Å². The topological polar surface area (TPSA) is 67.9 Å². The molecule has 2 aromatic carbocycles. The molecule has 6 nitrogen and oxygen atoms in total. The number of benzene rings is 2. The molecule has 8 heteroatoms. The van der Waals surface area contributed by atoms with Crippen molar-refractivity contribution in [2.45, 2.75) is 38.3 Å². The van der Waals surface area contributed by atoms with E-state index in [0.29, 0.717) is 43.0 Å². The molecule has 0 radical (unpaired) electrons. The molecule has 0 atom stereocenters. The Bertz CT molecular complexity index is 981. The molecule has 1 aliphatic heterocycles. The average molecular weight is 444 g/mol. The van der Waals surface area contributed by atoms with Gasteiger partial charge in [0.15, 0.2) is 0 Å². The summed E-state index contributed by atoms with van der Waals surface area (Å²) in [6.07, 6.45) is 3.24. The van der Waals surface area contributed by atoms with Gasteiger partial charge in [-0.3, -0.25) is 9.59 Å². The summed E-state index contributed by atoms with van der Waals surface area (Å²) in [6, 6.07) is 8.08. The summed E-state index contributed by atoms with van der Waals surface area (Å²) in [5.41, 5.74) is 0.589. The third-order valence-electron chi connectivity index (χ3n) is 5.78. The molecule has 1 heterocycles. The number of hydrogen-bond acceptors (Lipinski definition) is 4. The van der Waals surface area contributed by atoms with Crippen LogP contribution in [0.1, 0.15) is 41.6 Å². The molecule has 0 unspecified atom stereocenters. The molecule has 1 saturated heterocycles. The number of hydrogen-bond donors (Lipinski definition) is 1. The SMILES string of the molecule is COc1ccc(OC2CCN(C(=O)C3CC3)CC2)c(C(=O)NCc2cc(F)cc(F)c2)c1. The van der Waals surface area contributed by atoms with Crippen molar-refractivity contribution in [3.8, 4) is 11.5 Å². The minimum atomic E-state index is -0.703. The first kappa shape index (κ1) is 22.0. The smallest absolute Gasteiger partial charge is 0.255 e. The predicted octanol–water partition coefficient (Wildman–Crippen LogP) is 3.68. The summed E-state index contributed by atoms with van der Waals surface area (Å²) in [4.78, 5) is 27.0. The predicted molar refractivity (Wildman–Crippen MR) is 113 cm³/mol. The first-order valence-electron chi connectivity index (χ1n) is 10.8. The molecule has 2 amide bonds. The van der Waals surface area contributed by atoms with Gasteiger partial charge in [-0.1, -0.05) is 0 Å². The molecule has 1 aliphatic carbocycles. The van der Waals surface area contributed by atoms with Crippen LogP contribution in [0.25, 0.3) is 0 Å². The number of nitrogens with zero attached hydrogens (tertiary/aromatic N) is 1. The van der Waals surface area contributed by atoms with E-state index in [-0.39, 0.29) is 30.0 Å². The zero-order chi connectivity index (χ0) is 22.7. The van der Waals surface area contributed by atoms with Gasteiger partial charge in [0.1, 0.15) is 29.2 Å². The highest BCUT2D eigenvalue weighted by molar-refractivity contribution is 5.97. The minimum Gasteiger partial charge on any atom is -0.497 e. The molecule has 170 valence electrons. The van der Waals surface area contributed by atoms with Gasteiger partial charge in [-0.2, -0.15) is 0 Å². The van der Waals surface area contributed by atoms with E-state index in [1.54, 1.807) is 18.2 Å². The van der Waals surface area contributed by atoms with Crippen LogP contribution in [0.15, 0.2) is 36.4 Å². The van der Waals surface area contributed by atoms with E-state index in [9.17, 15) is 18.4 Å². The van der Waals surface area contributed by atoms with Crippen molar-refractivity contribution in [3.05, 3.63) is 59.2 Å². The second kappa shape index (κ2) is 9.54. The Labute approximate surface area is 185 Å². The van der Waals surface area contributed by atoms with Gasteiger partial charge in [-0.25, -0.2) is 8.78 Å². The Balaban J connectivity index is 1.41. The maximum Gasteiger partial charge on any atom is 0.255 e. The molecular weight excluding hydrogens is 418 g/mol. The number of carbonyl (C=O) groups is 2. The van der Waals surface area contributed by atoms with Crippen molar-refractivity contribution in [2.24, 2.45) is 5.92 Å². The number of rotatable bonds is 7. The average Bonchev–Trinajstić information content (AvgIpc) is 3.63. The van der Waals surface area contributed by atoms with E-state index >= 15 is 0 Å². The highest BCUT2D eigenvalue weighted by atomic mass is 19.1. The van der Waals surface area contributed by atoms with Gasteiger partial charge in [0, 0.05) is 44.5 Å². The van der Waals surface area contributed by atoms with Crippen molar-refractivity contribution in [2.75, 3.05) is 20.2 Å². The number of nitrogens with one attached hydrogen (secondary N) is 1. The number of halogens is 2. The summed E-state index contributed by atoms with van der Waals surface area (Å²) < 4.78 is 38.2. The lowest BCUT2D eigenvalue weighted by Gasteiger charge is -2.32. The van der Waals surface area contributed by atoms with Crippen LogP contribution in [0.4, 0.5) is 8.78 Å². The number of amides is 2. The normalized spacial score (nSPS) is 16.5. The summed E-state index contributed by atoms with van der Waals surface area (Å²) >= 11 is 0. The molecule has 1 saturated carbocycles. The van der Waals surface area contributed by atoms with E-state index in [1.165, 1.54) is 19.2 Å². The quantitative estimate of drug-likeness (QED) is 0.708. The Kier molecular flexibility index (Phi) is 6.58. The standard InChI is InChI=1S/C24H26F2N2O4/c1-31-20-4-5-22(32-19-6-8-28(9-7-19)24(30)16-2-3-16)21(13-20)23(29)27-14-15-10-17(25)12-18(26)11-15/h4-5,10-13,16,19H,2-3,6-9,14H2,1H3,(H,27,29). The third-order valence-corrected chi connectivity index (χ3v) is 5.78. The van der Waals surface area contributed by atoms with E-state index in [2.05, 4.69) is 5.32 Å². The third kappa shape index (κ3) is 5.36. The molecule has 32 heavy (non-hydrogen) atoms. The summed E-state index contributed by atoms with van der Waals surface area (Å²) in [5, 5.41) is 2.68. The molecule has 4 rings (SSSR count). The van der Waals surface area contributed by atoms with Crippen LogP contribution in [-0.4, -0.2) is 43.0 Å². The first-order valence-corrected chi connectivity index (χ1v) is 10.8. The van der Waals surface area contributed by atoms with Gasteiger partial charge in [0.25, 0.3) is 5.91 Å². The number of methoxy groups -OCH3 is 1. The highest BCUT2D eigenvalue weighted by Gasteiger charge is 2.35. The first-order chi connectivity index (χ1) is 15.4. The van der Waals surface area contributed by atoms with Crippen molar-refractivity contribution < 1.29 is 27.8 Å². The maximum atomic E-state index is 13.4. The van der Waals surface area contributed by atoms with Crippen LogP contribution in [0.2, 0.25) is 0 Å². The lowest BCUT2D eigenvalue weighted by molar-refractivity contribution is -0.134. The van der Waals surface area contributed by atoms with Crippen molar-refractivity contribution in [1.82, 2.24) is 10.2 Å². The number of ether oxygens (including phenoxy) is 2. The van der Waals surface area contributed by atoms with Crippen molar-refractivity contribution in [3.63, 3.8) is 0 Å². The van der Waals surface area contributed by atoms with Gasteiger partial charge < -0.3 is 19.7 Å². The van der Waals surface area contributed by atoms with Gasteiger partial charge in [0.05, 0.1) is 12.7 Å². The second-order valence-electron chi connectivity index (χ2n) is 8.24. The maximum absolute atomic E-state index is 13.4. The van der Waals surface area contributed by atoms with E-state index in [4.69, 9.17) is 9.47 Å². The van der Waals surface area contributed by atoms with Crippen LogP contribution < -0.4 is 14.8 Å².